The molecule has 100 valence electrons. The monoisotopic (exact) mass is 271 g/mol. The molecule has 0 aromatic heterocycles. The van der Waals surface area contributed by atoms with E-state index in [1.54, 1.807) is 11.8 Å². The van der Waals surface area contributed by atoms with Crippen molar-refractivity contribution in [3.05, 3.63) is 53.6 Å². The normalized spacial score (nSPS) is 11.6. The molecule has 0 heterocycles. The molecule has 2 heteroatoms. The van der Waals surface area contributed by atoms with Gasteiger partial charge in [-0.05, 0) is 47.7 Å². The molecule has 0 unspecified atom stereocenters. The Morgan fingerprint density at radius 1 is 0.947 bits per heavy atom. The summed E-state index contributed by atoms with van der Waals surface area (Å²) in [7, 11) is 0. The Morgan fingerprint density at radius 2 is 1.58 bits per heavy atom. The average molecular weight is 271 g/mol. The van der Waals surface area contributed by atoms with Crippen molar-refractivity contribution >= 4 is 17.4 Å². The molecule has 1 nitrogen and oxygen atoms in total. The molecule has 2 aromatic carbocycles. The van der Waals surface area contributed by atoms with Gasteiger partial charge in [-0.1, -0.05) is 50.7 Å². The van der Waals surface area contributed by atoms with Crippen molar-refractivity contribution in [1.82, 2.24) is 0 Å². The summed E-state index contributed by atoms with van der Waals surface area (Å²) >= 11 is 1.72. The molecule has 0 amide bonds. The Bertz CT molecular complexity index is 565. The first-order chi connectivity index (χ1) is 8.86. The molecular formula is C17H21NS. The molecule has 0 aliphatic rings. The molecule has 0 saturated carbocycles. The number of hydrogen-bond donors (Lipinski definition) is 1. The molecule has 0 radical (unpaired) electrons. The lowest BCUT2D eigenvalue weighted by atomic mass is 9.87. The minimum Gasteiger partial charge on any atom is -0.398 e. The summed E-state index contributed by atoms with van der Waals surface area (Å²) < 4.78 is 0. The first-order valence-electron chi connectivity index (χ1n) is 6.51. The highest BCUT2D eigenvalue weighted by Crippen LogP contribution is 2.33. The molecular weight excluding hydrogens is 250 g/mol. The van der Waals surface area contributed by atoms with Crippen LogP contribution < -0.4 is 5.73 Å². The topological polar surface area (TPSA) is 26.0 Å². The average Bonchev–Trinajstić information content (AvgIpc) is 2.32. The molecule has 0 spiro atoms. The second-order valence-electron chi connectivity index (χ2n) is 5.92. The van der Waals surface area contributed by atoms with Gasteiger partial charge in [0.05, 0.1) is 0 Å². The zero-order chi connectivity index (χ0) is 14.0. The fourth-order valence-electron chi connectivity index (χ4n) is 1.91. The van der Waals surface area contributed by atoms with Crippen molar-refractivity contribution in [1.29, 1.82) is 0 Å². The molecule has 0 atom stereocenters. The Hall–Kier alpha value is -1.41. The smallest absolute Gasteiger partial charge is 0.0458 e. The number of rotatable bonds is 2. The Labute approximate surface area is 120 Å². The van der Waals surface area contributed by atoms with Crippen LogP contribution in [0.5, 0.6) is 0 Å². The van der Waals surface area contributed by atoms with Gasteiger partial charge in [0, 0.05) is 15.5 Å². The number of aryl methyl sites for hydroxylation is 1. The van der Waals surface area contributed by atoms with Crippen molar-refractivity contribution in [2.75, 3.05) is 5.73 Å². The predicted octanol–water partition coefficient (Wildman–Crippen LogP) is 5.03. The van der Waals surface area contributed by atoms with Crippen LogP contribution in [0.15, 0.2) is 52.3 Å². The molecule has 0 aliphatic heterocycles. The first-order valence-corrected chi connectivity index (χ1v) is 7.32. The van der Waals surface area contributed by atoms with Crippen LogP contribution in [-0.4, -0.2) is 0 Å². The van der Waals surface area contributed by atoms with Gasteiger partial charge in [-0.15, -0.1) is 0 Å². The lowest BCUT2D eigenvalue weighted by molar-refractivity contribution is 0.590. The van der Waals surface area contributed by atoms with Gasteiger partial charge < -0.3 is 5.73 Å². The Balaban J connectivity index is 2.20. The third kappa shape index (κ3) is 3.54. The van der Waals surface area contributed by atoms with Crippen LogP contribution in [-0.2, 0) is 5.41 Å². The van der Waals surface area contributed by atoms with Crippen LogP contribution in [0, 0.1) is 6.92 Å². The molecule has 0 saturated heterocycles. The lowest BCUT2D eigenvalue weighted by Crippen LogP contribution is -2.10. The van der Waals surface area contributed by atoms with Crippen molar-refractivity contribution in [3.8, 4) is 0 Å². The third-order valence-electron chi connectivity index (χ3n) is 3.11. The minimum atomic E-state index is 0.200. The standard InChI is InChI=1S/C17H21NS/c1-12-5-10-16(15(18)11-12)19-14-8-6-13(7-9-14)17(2,3)4/h5-11H,18H2,1-4H3. The molecule has 19 heavy (non-hydrogen) atoms. The van der Waals surface area contributed by atoms with E-state index in [9.17, 15) is 0 Å². The number of nitrogen functional groups attached to an aromatic ring is 1. The summed E-state index contributed by atoms with van der Waals surface area (Å²) in [6.07, 6.45) is 0. The van der Waals surface area contributed by atoms with Gasteiger partial charge in [0.1, 0.15) is 0 Å². The van der Waals surface area contributed by atoms with E-state index < -0.39 is 0 Å². The molecule has 2 aromatic rings. The van der Waals surface area contributed by atoms with Gasteiger partial charge in [-0.2, -0.15) is 0 Å². The van der Waals surface area contributed by atoms with Crippen LogP contribution in [0.3, 0.4) is 0 Å². The van der Waals surface area contributed by atoms with E-state index >= 15 is 0 Å². The largest absolute Gasteiger partial charge is 0.398 e. The van der Waals surface area contributed by atoms with Crippen LogP contribution in [0.1, 0.15) is 31.9 Å². The van der Waals surface area contributed by atoms with Crippen LogP contribution in [0.2, 0.25) is 0 Å². The highest BCUT2D eigenvalue weighted by atomic mass is 32.2. The quantitative estimate of drug-likeness (QED) is 0.776. The maximum Gasteiger partial charge on any atom is 0.0458 e. The number of hydrogen-bond acceptors (Lipinski definition) is 2. The summed E-state index contributed by atoms with van der Waals surface area (Å²) in [5, 5.41) is 0. The Kier molecular flexibility index (Phi) is 3.91. The van der Waals surface area contributed by atoms with Gasteiger partial charge in [0.15, 0.2) is 0 Å². The van der Waals surface area contributed by atoms with E-state index in [0.29, 0.717) is 0 Å². The zero-order valence-corrected chi connectivity index (χ0v) is 12.8. The maximum absolute atomic E-state index is 6.05. The van der Waals surface area contributed by atoms with E-state index in [4.69, 9.17) is 5.73 Å². The fraction of sp³-hybridized carbons (Fsp3) is 0.294. The summed E-state index contributed by atoms with van der Waals surface area (Å²) in [6.45, 7) is 8.75. The summed E-state index contributed by atoms with van der Waals surface area (Å²) in [5.41, 5.74) is 9.65. The van der Waals surface area contributed by atoms with Crippen molar-refractivity contribution < 1.29 is 0 Å². The van der Waals surface area contributed by atoms with Crippen molar-refractivity contribution in [2.45, 2.75) is 42.9 Å². The SMILES string of the molecule is Cc1ccc(Sc2ccc(C(C)(C)C)cc2)c(N)c1. The van der Waals surface area contributed by atoms with Gasteiger partial charge in [-0.3, -0.25) is 0 Å². The summed E-state index contributed by atoms with van der Waals surface area (Å²) in [6, 6.07) is 15.0. The van der Waals surface area contributed by atoms with Gasteiger partial charge in [-0.25, -0.2) is 0 Å². The van der Waals surface area contributed by atoms with E-state index in [2.05, 4.69) is 64.1 Å². The highest BCUT2D eigenvalue weighted by Gasteiger charge is 2.13. The van der Waals surface area contributed by atoms with Crippen LogP contribution in [0.4, 0.5) is 5.69 Å². The number of anilines is 1. The van der Waals surface area contributed by atoms with Crippen molar-refractivity contribution in [3.63, 3.8) is 0 Å². The van der Waals surface area contributed by atoms with Crippen molar-refractivity contribution in [2.24, 2.45) is 0 Å². The van der Waals surface area contributed by atoms with Gasteiger partial charge in [0.2, 0.25) is 0 Å². The van der Waals surface area contributed by atoms with Gasteiger partial charge >= 0.3 is 0 Å². The molecule has 2 N–H and O–H groups in total. The second-order valence-corrected chi connectivity index (χ2v) is 7.03. The first kappa shape index (κ1) is 14.0. The van der Waals surface area contributed by atoms with Gasteiger partial charge in [0.25, 0.3) is 0 Å². The molecule has 0 bridgehead atoms. The van der Waals surface area contributed by atoms with E-state index in [0.717, 1.165) is 10.6 Å². The maximum atomic E-state index is 6.05. The van der Waals surface area contributed by atoms with Crippen LogP contribution >= 0.6 is 11.8 Å². The third-order valence-corrected chi connectivity index (χ3v) is 4.21. The highest BCUT2D eigenvalue weighted by molar-refractivity contribution is 7.99. The number of nitrogens with two attached hydrogens (primary N) is 1. The molecule has 0 fully saturated rings. The zero-order valence-electron chi connectivity index (χ0n) is 12.0. The van der Waals surface area contributed by atoms with E-state index in [1.165, 1.54) is 16.0 Å². The lowest BCUT2D eigenvalue weighted by Gasteiger charge is -2.19. The van der Waals surface area contributed by atoms with E-state index in [-0.39, 0.29) is 5.41 Å². The predicted molar refractivity (Wildman–Crippen MR) is 84.9 cm³/mol. The second kappa shape index (κ2) is 5.30. The fourth-order valence-corrected chi connectivity index (χ4v) is 2.75. The summed E-state index contributed by atoms with van der Waals surface area (Å²) in [5.74, 6) is 0. The summed E-state index contributed by atoms with van der Waals surface area (Å²) in [4.78, 5) is 2.35. The van der Waals surface area contributed by atoms with Crippen LogP contribution in [0.25, 0.3) is 0 Å². The number of benzene rings is 2. The minimum absolute atomic E-state index is 0.200. The van der Waals surface area contributed by atoms with E-state index in [1.807, 2.05) is 6.07 Å². The molecule has 2 rings (SSSR count). The Morgan fingerprint density at radius 3 is 2.11 bits per heavy atom. The molecule has 0 aliphatic carbocycles.